The molecule has 2 aliphatic rings. The number of hydrogen-bond acceptors (Lipinski definition) is 3. The van der Waals surface area contributed by atoms with Gasteiger partial charge in [0.1, 0.15) is 11.6 Å². The van der Waals surface area contributed by atoms with Crippen LogP contribution in [0, 0.1) is 5.82 Å². The number of fused-ring (bicyclic) bond motifs is 1. The van der Waals surface area contributed by atoms with E-state index in [0.717, 1.165) is 36.3 Å². The largest absolute Gasteiger partial charge is 0.467 e. The van der Waals surface area contributed by atoms with Gasteiger partial charge in [-0.2, -0.15) is 0 Å². The lowest BCUT2D eigenvalue weighted by Gasteiger charge is -2.30. The monoisotopic (exact) mass is 237 g/mol. The van der Waals surface area contributed by atoms with Gasteiger partial charge >= 0.3 is 0 Å². The van der Waals surface area contributed by atoms with Crippen molar-refractivity contribution in [1.82, 2.24) is 5.32 Å². The maximum Gasteiger partial charge on any atom is 0.189 e. The number of nitrogens with one attached hydrogen (secondary N) is 1. The van der Waals surface area contributed by atoms with Gasteiger partial charge in [-0.15, -0.1) is 0 Å². The van der Waals surface area contributed by atoms with Gasteiger partial charge in [0.2, 0.25) is 0 Å². The number of rotatable bonds is 1. The van der Waals surface area contributed by atoms with Crippen molar-refractivity contribution in [1.29, 1.82) is 0 Å². The van der Waals surface area contributed by atoms with E-state index < -0.39 is 0 Å². The molecule has 4 heteroatoms. The number of hydrogen-bond donors (Lipinski definition) is 1. The molecule has 0 aliphatic carbocycles. The van der Waals surface area contributed by atoms with Gasteiger partial charge in [0.15, 0.2) is 6.79 Å². The van der Waals surface area contributed by atoms with Crippen molar-refractivity contribution in [2.45, 2.75) is 31.9 Å². The standard InChI is InChI=1S/C13H16FNO2/c1-13(3-2-4-15-13)11-6-10(14)5-9-7-16-8-17-12(9)11/h5-6,15H,2-4,7-8H2,1H3. The minimum atomic E-state index is -0.220. The van der Waals surface area contributed by atoms with E-state index in [4.69, 9.17) is 9.47 Å². The molecule has 0 spiro atoms. The quantitative estimate of drug-likeness (QED) is 0.813. The predicted molar refractivity (Wildman–Crippen MR) is 61.3 cm³/mol. The van der Waals surface area contributed by atoms with Crippen molar-refractivity contribution >= 4 is 0 Å². The Kier molecular flexibility index (Phi) is 2.56. The summed E-state index contributed by atoms with van der Waals surface area (Å²) in [5.41, 5.74) is 1.55. The minimum absolute atomic E-state index is 0.177. The Morgan fingerprint density at radius 3 is 3.06 bits per heavy atom. The van der Waals surface area contributed by atoms with Crippen molar-refractivity contribution in [3.8, 4) is 5.75 Å². The van der Waals surface area contributed by atoms with Crippen LogP contribution in [0.2, 0.25) is 0 Å². The number of halogens is 1. The van der Waals surface area contributed by atoms with Gasteiger partial charge in [-0.3, -0.25) is 0 Å². The van der Waals surface area contributed by atoms with Crippen LogP contribution in [0.15, 0.2) is 12.1 Å². The van der Waals surface area contributed by atoms with Crippen molar-refractivity contribution < 1.29 is 13.9 Å². The van der Waals surface area contributed by atoms with Crippen LogP contribution >= 0.6 is 0 Å². The maximum absolute atomic E-state index is 13.6. The Morgan fingerprint density at radius 2 is 2.29 bits per heavy atom. The molecule has 3 nitrogen and oxygen atoms in total. The second-order valence-corrected chi connectivity index (χ2v) is 4.91. The summed E-state index contributed by atoms with van der Waals surface area (Å²) < 4.78 is 24.4. The van der Waals surface area contributed by atoms with Gasteiger partial charge in [-0.1, -0.05) is 0 Å². The van der Waals surface area contributed by atoms with E-state index in [1.165, 1.54) is 6.07 Å². The molecule has 1 N–H and O–H groups in total. The van der Waals surface area contributed by atoms with Crippen LogP contribution in [-0.2, 0) is 16.9 Å². The molecular weight excluding hydrogens is 221 g/mol. The average molecular weight is 237 g/mol. The lowest BCUT2D eigenvalue weighted by molar-refractivity contribution is -0.0181. The number of benzene rings is 1. The molecule has 3 rings (SSSR count). The lowest BCUT2D eigenvalue weighted by atomic mass is 9.88. The van der Waals surface area contributed by atoms with Gasteiger partial charge in [-0.25, -0.2) is 4.39 Å². The van der Waals surface area contributed by atoms with E-state index >= 15 is 0 Å². The van der Waals surface area contributed by atoms with E-state index in [1.54, 1.807) is 6.07 Å². The van der Waals surface area contributed by atoms with Crippen LogP contribution in [0.1, 0.15) is 30.9 Å². The summed E-state index contributed by atoms with van der Waals surface area (Å²) in [6.07, 6.45) is 2.12. The third kappa shape index (κ3) is 1.81. The molecule has 17 heavy (non-hydrogen) atoms. The first kappa shape index (κ1) is 11.0. The van der Waals surface area contributed by atoms with Crippen LogP contribution in [0.4, 0.5) is 4.39 Å². The highest BCUT2D eigenvalue weighted by Crippen LogP contribution is 2.40. The Labute approximate surface area is 99.9 Å². The summed E-state index contributed by atoms with van der Waals surface area (Å²) in [6, 6.07) is 3.08. The molecule has 0 aromatic heterocycles. The summed E-state index contributed by atoms with van der Waals surface area (Å²) in [4.78, 5) is 0. The Hall–Kier alpha value is -1.13. The second-order valence-electron chi connectivity index (χ2n) is 4.91. The molecule has 1 fully saturated rings. The molecule has 0 radical (unpaired) electrons. The van der Waals surface area contributed by atoms with Gasteiger partial charge in [0.05, 0.1) is 6.61 Å². The molecule has 2 aliphatic heterocycles. The summed E-state index contributed by atoms with van der Waals surface area (Å²) >= 11 is 0. The summed E-state index contributed by atoms with van der Waals surface area (Å²) in [7, 11) is 0. The lowest BCUT2D eigenvalue weighted by Crippen LogP contribution is -2.34. The van der Waals surface area contributed by atoms with E-state index in [9.17, 15) is 4.39 Å². The van der Waals surface area contributed by atoms with E-state index in [2.05, 4.69) is 12.2 Å². The van der Waals surface area contributed by atoms with E-state index in [0.29, 0.717) is 6.61 Å². The average Bonchev–Trinajstić information content (AvgIpc) is 2.76. The molecule has 92 valence electrons. The highest BCUT2D eigenvalue weighted by Gasteiger charge is 2.35. The van der Waals surface area contributed by atoms with Crippen molar-refractivity contribution in [3.63, 3.8) is 0 Å². The predicted octanol–water partition coefficient (Wildman–Crippen LogP) is 2.29. The Morgan fingerprint density at radius 1 is 1.41 bits per heavy atom. The Bertz CT molecular complexity index is 441. The third-order valence-corrected chi connectivity index (χ3v) is 3.64. The zero-order chi connectivity index (χ0) is 11.9. The first-order valence-corrected chi connectivity index (χ1v) is 5.97. The second kappa shape index (κ2) is 3.96. The van der Waals surface area contributed by atoms with Gasteiger partial charge in [0, 0.05) is 16.7 Å². The zero-order valence-electron chi connectivity index (χ0n) is 9.88. The van der Waals surface area contributed by atoms with Crippen LogP contribution in [0.25, 0.3) is 0 Å². The van der Waals surface area contributed by atoms with Gasteiger partial charge in [-0.05, 0) is 38.4 Å². The van der Waals surface area contributed by atoms with Gasteiger partial charge < -0.3 is 14.8 Å². The van der Waals surface area contributed by atoms with Gasteiger partial charge in [0.25, 0.3) is 0 Å². The van der Waals surface area contributed by atoms with Crippen LogP contribution in [-0.4, -0.2) is 13.3 Å². The third-order valence-electron chi connectivity index (χ3n) is 3.64. The normalized spacial score (nSPS) is 27.6. The fraction of sp³-hybridized carbons (Fsp3) is 0.538. The zero-order valence-corrected chi connectivity index (χ0v) is 9.88. The van der Waals surface area contributed by atoms with Crippen molar-refractivity contribution in [2.75, 3.05) is 13.3 Å². The maximum atomic E-state index is 13.6. The van der Waals surface area contributed by atoms with Crippen molar-refractivity contribution in [2.24, 2.45) is 0 Å². The van der Waals surface area contributed by atoms with Crippen molar-refractivity contribution in [3.05, 3.63) is 29.1 Å². The minimum Gasteiger partial charge on any atom is -0.467 e. The topological polar surface area (TPSA) is 30.5 Å². The molecule has 1 saturated heterocycles. The molecular formula is C13H16FNO2. The summed E-state index contributed by atoms with van der Waals surface area (Å²) in [6.45, 7) is 3.75. The number of ether oxygens (including phenoxy) is 2. The molecule has 2 heterocycles. The van der Waals surface area contributed by atoms with Crippen LogP contribution < -0.4 is 10.1 Å². The smallest absolute Gasteiger partial charge is 0.189 e. The first-order valence-electron chi connectivity index (χ1n) is 5.97. The molecule has 1 unspecified atom stereocenters. The summed E-state index contributed by atoms with van der Waals surface area (Å²) in [5.74, 6) is 0.581. The van der Waals surface area contributed by atoms with E-state index in [1.807, 2.05) is 0 Å². The van der Waals surface area contributed by atoms with Crippen LogP contribution in [0.5, 0.6) is 5.75 Å². The highest BCUT2D eigenvalue weighted by atomic mass is 19.1. The Balaban J connectivity index is 2.11. The molecule has 1 aromatic rings. The molecule has 0 saturated carbocycles. The molecule has 1 atom stereocenters. The highest BCUT2D eigenvalue weighted by molar-refractivity contribution is 5.46. The molecule has 1 aromatic carbocycles. The van der Waals surface area contributed by atoms with E-state index in [-0.39, 0.29) is 18.1 Å². The molecule has 0 bridgehead atoms. The summed E-state index contributed by atoms with van der Waals surface area (Å²) in [5, 5.41) is 3.44. The SMILES string of the molecule is CC1(c2cc(F)cc3c2OCOC3)CCCN1. The molecule has 0 amide bonds. The fourth-order valence-corrected chi connectivity index (χ4v) is 2.71. The van der Waals surface area contributed by atoms with Crippen LogP contribution in [0.3, 0.4) is 0 Å². The fourth-order valence-electron chi connectivity index (χ4n) is 2.71. The first-order chi connectivity index (χ1) is 8.19.